The third kappa shape index (κ3) is 4.15. The molecule has 21 heavy (non-hydrogen) atoms. The number of nitrogens with zero attached hydrogens (tertiary/aromatic N) is 2. The molecule has 6 heteroatoms. The number of ether oxygens (including phenoxy) is 1. The van der Waals surface area contributed by atoms with Crippen molar-refractivity contribution in [1.29, 1.82) is 0 Å². The van der Waals surface area contributed by atoms with Crippen molar-refractivity contribution in [2.24, 2.45) is 0 Å². The summed E-state index contributed by atoms with van der Waals surface area (Å²) < 4.78 is 20.9. The molecule has 4 nitrogen and oxygen atoms in total. The van der Waals surface area contributed by atoms with Crippen LogP contribution in [0.15, 0.2) is 22.8 Å². The Balaban J connectivity index is 2.01. The van der Waals surface area contributed by atoms with Crippen molar-refractivity contribution in [3.05, 3.63) is 28.5 Å². The number of hydrogen-bond acceptors (Lipinski definition) is 3. The maximum atomic E-state index is 15.0. The van der Waals surface area contributed by atoms with Gasteiger partial charge in [0.15, 0.2) is 5.67 Å². The van der Waals surface area contributed by atoms with Crippen molar-refractivity contribution in [3.8, 4) is 0 Å². The van der Waals surface area contributed by atoms with E-state index in [2.05, 4.69) is 20.9 Å². The van der Waals surface area contributed by atoms with E-state index < -0.39 is 11.3 Å². The average Bonchev–Trinajstić information content (AvgIpc) is 2.37. The van der Waals surface area contributed by atoms with Gasteiger partial charge in [0.1, 0.15) is 10.2 Å². The van der Waals surface area contributed by atoms with E-state index in [1.165, 1.54) is 0 Å². The lowest BCUT2D eigenvalue weighted by atomic mass is 9.90. The molecule has 0 atom stereocenters. The third-order valence-corrected chi connectivity index (χ3v) is 3.82. The summed E-state index contributed by atoms with van der Waals surface area (Å²) in [6.07, 6.45) is 0.0810. The minimum absolute atomic E-state index is 0.232. The van der Waals surface area contributed by atoms with Crippen LogP contribution in [0.5, 0.6) is 0 Å². The second kappa shape index (κ2) is 5.91. The Labute approximate surface area is 132 Å². The summed E-state index contributed by atoms with van der Waals surface area (Å²) in [6.45, 7) is 6.12. The zero-order chi connectivity index (χ0) is 15.7. The Morgan fingerprint density at radius 3 is 2.52 bits per heavy atom. The van der Waals surface area contributed by atoms with E-state index in [1.807, 2.05) is 20.8 Å². The highest BCUT2D eigenvalue weighted by molar-refractivity contribution is 9.10. The summed E-state index contributed by atoms with van der Waals surface area (Å²) in [4.78, 5) is 17.7. The highest BCUT2D eigenvalue weighted by atomic mass is 79.9. The van der Waals surface area contributed by atoms with Crippen LogP contribution in [-0.2, 0) is 10.4 Å². The van der Waals surface area contributed by atoms with E-state index in [1.54, 1.807) is 23.1 Å². The van der Waals surface area contributed by atoms with Crippen LogP contribution < -0.4 is 0 Å². The molecule has 0 bridgehead atoms. The summed E-state index contributed by atoms with van der Waals surface area (Å²) in [7, 11) is 0. The van der Waals surface area contributed by atoms with Crippen LogP contribution in [0.1, 0.15) is 39.3 Å². The number of piperidine rings is 1. The summed E-state index contributed by atoms with van der Waals surface area (Å²) in [6, 6.07) is 5.23. The van der Waals surface area contributed by atoms with Crippen LogP contribution in [-0.4, -0.2) is 34.7 Å². The molecule has 1 amide bonds. The first-order chi connectivity index (χ1) is 9.70. The van der Waals surface area contributed by atoms with Gasteiger partial charge in [-0.3, -0.25) is 0 Å². The van der Waals surface area contributed by atoms with Gasteiger partial charge in [0, 0.05) is 25.9 Å². The number of halogens is 2. The largest absolute Gasteiger partial charge is 0.444 e. The molecule has 1 aromatic rings. The van der Waals surface area contributed by atoms with Crippen molar-refractivity contribution in [2.45, 2.75) is 44.9 Å². The predicted molar refractivity (Wildman–Crippen MR) is 81.8 cm³/mol. The molecule has 0 unspecified atom stereocenters. The van der Waals surface area contributed by atoms with Gasteiger partial charge in [-0.2, -0.15) is 0 Å². The Kier molecular flexibility index (Phi) is 4.56. The first kappa shape index (κ1) is 16.2. The number of carbonyl (C=O) groups is 1. The van der Waals surface area contributed by atoms with Crippen molar-refractivity contribution >= 4 is 22.0 Å². The van der Waals surface area contributed by atoms with Gasteiger partial charge in [-0.05, 0) is 48.8 Å². The first-order valence-corrected chi connectivity index (χ1v) is 7.79. The molecular weight excluding hydrogens is 339 g/mol. The molecule has 0 spiro atoms. The summed E-state index contributed by atoms with van der Waals surface area (Å²) in [5.74, 6) is 0. The number of rotatable bonds is 1. The number of hydrogen-bond donors (Lipinski definition) is 0. The molecule has 1 saturated heterocycles. The van der Waals surface area contributed by atoms with Gasteiger partial charge < -0.3 is 9.64 Å². The predicted octanol–water partition coefficient (Wildman–Crippen LogP) is 4.04. The molecule has 1 aliphatic heterocycles. The quantitative estimate of drug-likeness (QED) is 0.711. The highest BCUT2D eigenvalue weighted by Gasteiger charge is 2.39. The van der Waals surface area contributed by atoms with Crippen molar-refractivity contribution in [3.63, 3.8) is 0 Å². The molecule has 2 heterocycles. The maximum Gasteiger partial charge on any atom is 0.410 e. The van der Waals surface area contributed by atoms with Crippen LogP contribution in [0.25, 0.3) is 0 Å². The number of carbonyl (C=O) groups excluding carboxylic acids is 1. The molecule has 1 aromatic heterocycles. The molecule has 1 fully saturated rings. The van der Waals surface area contributed by atoms with Gasteiger partial charge in [0.05, 0.1) is 5.69 Å². The van der Waals surface area contributed by atoms with E-state index in [0.717, 1.165) is 0 Å². The highest BCUT2D eigenvalue weighted by Crippen LogP contribution is 2.36. The number of alkyl halides is 1. The van der Waals surface area contributed by atoms with Gasteiger partial charge in [0.25, 0.3) is 0 Å². The average molecular weight is 359 g/mol. The topological polar surface area (TPSA) is 42.4 Å². The van der Waals surface area contributed by atoms with E-state index in [-0.39, 0.29) is 18.9 Å². The number of pyridine rings is 1. The van der Waals surface area contributed by atoms with Crippen molar-refractivity contribution in [1.82, 2.24) is 9.88 Å². The molecular formula is C15H20BrFN2O2. The third-order valence-electron chi connectivity index (χ3n) is 3.38. The molecule has 0 aliphatic carbocycles. The zero-order valence-electron chi connectivity index (χ0n) is 12.5. The lowest BCUT2D eigenvalue weighted by Crippen LogP contribution is -2.45. The molecule has 0 radical (unpaired) electrons. The fourth-order valence-corrected chi connectivity index (χ4v) is 2.63. The minimum Gasteiger partial charge on any atom is -0.444 e. The second-order valence-corrected chi connectivity index (χ2v) is 7.09. The Hall–Kier alpha value is -1.17. The summed E-state index contributed by atoms with van der Waals surface area (Å²) in [5.41, 5.74) is -1.60. The van der Waals surface area contributed by atoms with E-state index >= 15 is 0 Å². The molecule has 2 rings (SSSR count). The molecule has 1 aliphatic rings. The fourth-order valence-electron chi connectivity index (χ4n) is 2.28. The molecule has 0 N–H and O–H groups in total. The lowest BCUT2D eigenvalue weighted by molar-refractivity contribution is 0.00123. The van der Waals surface area contributed by atoms with Crippen LogP contribution in [0.2, 0.25) is 0 Å². The van der Waals surface area contributed by atoms with Crippen LogP contribution in [0.4, 0.5) is 9.18 Å². The van der Waals surface area contributed by atoms with E-state index in [4.69, 9.17) is 4.74 Å². The van der Waals surface area contributed by atoms with Gasteiger partial charge >= 0.3 is 6.09 Å². The maximum absolute atomic E-state index is 15.0. The second-order valence-electron chi connectivity index (χ2n) is 6.28. The van der Waals surface area contributed by atoms with Gasteiger partial charge in [0.2, 0.25) is 0 Å². The van der Waals surface area contributed by atoms with Gasteiger partial charge in [-0.25, -0.2) is 14.2 Å². The van der Waals surface area contributed by atoms with Gasteiger partial charge in [-0.1, -0.05) is 6.07 Å². The molecule has 0 saturated carbocycles. The Bertz CT molecular complexity index is 523. The Morgan fingerprint density at radius 2 is 2.00 bits per heavy atom. The van der Waals surface area contributed by atoms with Crippen molar-refractivity contribution in [2.75, 3.05) is 13.1 Å². The summed E-state index contributed by atoms with van der Waals surface area (Å²) in [5, 5.41) is 0. The summed E-state index contributed by atoms with van der Waals surface area (Å²) >= 11 is 3.26. The van der Waals surface area contributed by atoms with Gasteiger partial charge in [-0.15, -0.1) is 0 Å². The van der Waals surface area contributed by atoms with Crippen LogP contribution in [0.3, 0.4) is 0 Å². The van der Waals surface area contributed by atoms with E-state index in [9.17, 15) is 9.18 Å². The van der Waals surface area contributed by atoms with Crippen LogP contribution >= 0.6 is 15.9 Å². The monoisotopic (exact) mass is 358 g/mol. The van der Waals surface area contributed by atoms with Crippen LogP contribution in [0, 0.1) is 0 Å². The first-order valence-electron chi connectivity index (χ1n) is 6.99. The Morgan fingerprint density at radius 1 is 1.38 bits per heavy atom. The zero-order valence-corrected chi connectivity index (χ0v) is 14.1. The molecule has 116 valence electrons. The standard InChI is InChI=1S/C15H20BrFN2O2/c1-14(2,3)21-13(20)19-9-7-15(17,8-10-19)11-5-4-6-12(16)18-11/h4-6H,7-10H2,1-3H3. The van der Waals surface area contributed by atoms with E-state index in [0.29, 0.717) is 23.4 Å². The molecule has 0 aromatic carbocycles. The number of aromatic nitrogens is 1. The SMILES string of the molecule is CC(C)(C)OC(=O)N1CCC(F)(c2cccc(Br)n2)CC1. The smallest absolute Gasteiger partial charge is 0.410 e. The minimum atomic E-state index is -1.48. The number of amides is 1. The van der Waals surface area contributed by atoms with Crippen molar-refractivity contribution < 1.29 is 13.9 Å². The fraction of sp³-hybridized carbons (Fsp3) is 0.600. The number of likely N-dealkylation sites (tertiary alicyclic amines) is 1. The normalized spacial score (nSPS) is 18.4. The lowest BCUT2D eigenvalue weighted by Gasteiger charge is -2.36.